The van der Waals surface area contributed by atoms with Gasteiger partial charge in [0.15, 0.2) is 0 Å². The van der Waals surface area contributed by atoms with E-state index in [1.54, 1.807) is 7.11 Å². The number of ether oxygens (including phenoxy) is 1. The van der Waals surface area contributed by atoms with Crippen LogP contribution in [-0.2, 0) is 21.3 Å². The molecule has 0 bridgehead atoms. The number of nitrogens with two attached hydrogens (primary N) is 1. The van der Waals surface area contributed by atoms with Gasteiger partial charge in [0, 0.05) is 32.4 Å². The normalized spacial score (nSPS) is 16.9. The molecule has 7 heteroatoms. The van der Waals surface area contributed by atoms with Crippen LogP contribution in [0.25, 0.3) is 0 Å². The van der Waals surface area contributed by atoms with E-state index in [1.165, 1.54) is 12.1 Å². The predicted molar refractivity (Wildman–Crippen MR) is 77.6 cm³/mol. The second kappa shape index (κ2) is 6.39. The van der Waals surface area contributed by atoms with Crippen molar-refractivity contribution in [3.63, 3.8) is 0 Å². The van der Waals surface area contributed by atoms with Gasteiger partial charge in [0.05, 0.1) is 4.90 Å². The predicted octanol–water partition coefficient (Wildman–Crippen LogP) is 1.38. The van der Waals surface area contributed by atoms with Crippen LogP contribution in [0.3, 0.4) is 0 Å². The molecule has 3 N–H and O–H groups in total. The fourth-order valence-corrected chi connectivity index (χ4v) is 3.42. The summed E-state index contributed by atoms with van der Waals surface area (Å²) in [5, 5.41) is 0. The quantitative estimate of drug-likeness (QED) is 0.759. The molecule has 21 heavy (non-hydrogen) atoms. The molecule has 0 unspecified atom stereocenters. The summed E-state index contributed by atoms with van der Waals surface area (Å²) in [7, 11) is -2.01. The highest BCUT2D eigenvalue weighted by Gasteiger charge is 2.42. The van der Waals surface area contributed by atoms with Crippen molar-refractivity contribution in [1.29, 1.82) is 0 Å². The van der Waals surface area contributed by atoms with Crippen LogP contribution in [0.1, 0.15) is 24.8 Å². The fourth-order valence-electron chi connectivity index (χ4n) is 2.22. The molecule has 0 radical (unpaired) electrons. The minimum Gasteiger partial charge on any atom is -0.385 e. The van der Waals surface area contributed by atoms with Crippen molar-refractivity contribution in [2.75, 3.05) is 20.3 Å². The molecule has 0 aliphatic heterocycles. The Labute approximate surface area is 124 Å². The van der Waals surface area contributed by atoms with Crippen molar-refractivity contribution in [3.05, 3.63) is 29.6 Å². The van der Waals surface area contributed by atoms with Crippen molar-refractivity contribution in [2.24, 2.45) is 11.1 Å². The Morgan fingerprint density at radius 2 is 2.14 bits per heavy atom. The molecule has 1 aromatic rings. The molecule has 0 aromatic heterocycles. The maximum absolute atomic E-state index is 13.4. The average Bonchev–Trinajstić information content (AvgIpc) is 3.24. The fraction of sp³-hybridized carbons (Fsp3) is 0.571. The number of hydrogen-bond donors (Lipinski definition) is 2. The molecule has 1 fully saturated rings. The van der Waals surface area contributed by atoms with Gasteiger partial charge in [0.1, 0.15) is 5.82 Å². The van der Waals surface area contributed by atoms with Gasteiger partial charge in [-0.25, -0.2) is 17.5 Å². The Morgan fingerprint density at radius 3 is 2.71 bits per heavy atom. The van der Waals surface area contributed by atoms with E-state index in [2.05, 4.69) is 4.72 Å². The van der Waals surface area contributed by atoms with Crippen molar-refractivity contribution < 1.29 is 17.5 Å². The van der Waals surface area contributed by atoms with Crippen LogP contribution in [0, 0.1) is 11.2 Å². The molecule has 0 heterocycles. The maximum Gasteiger partial charge on any atom is 0.240 e. The van der Waals surface area contributed by atoms with E-state index in [4.69, 9.17) is 10.5 Å². The Hall–Kier alpha value is -1.02. The molecule has 1 aromatic carbocycles. The largest absolute Gasteiger partial charge is 0.385 e. The third-order valence-corrected chi connectivity index (χ3v) is 5.38. The van der Waals surface area contributed by atoms with Crippen LogP contribution >= 0.6 is 0 Å². The molecule has 2 rings (SSSR count). The maximum atomic E-state index is 13.4. The third-order valence-electron chi connectivity index (χ3n) is 3.98. The van der Waals surface area contributed by atoms with Crippen molar-refractivity contribution >= 4 is 10.0 Å². The first kappa shape index (κ1) is 16.4. The van der Waals surface area contributed by atoms with Crippen LogP contribution in [0.15, 0.2) is 23.1 Å². The summed E-state index contributed by atoms with van der Waals surface area (Å²) < 4.78 is 45.5. The monoisotopic (exact) mass is 316 g/mol. The van der Waals surface area contributed by atoms with Crippen LogP contribution < -0.4 is 10.5 Å². The molecular formula is C14H21FN2O3S. The number of benzene rings is 1. The summed E-state index contributed by atoms with van der Waals surface area (Å²) in [6.07, 6.45) is 2.83. The second-order valence-electron chi connectivity index (χ2n) is 5.52. The van der Waals surface area contributed by atoms with Gasteiger partial charge in [-0.1, -0.05) is 0 Å². The lowest BCUT2D eigenvalue weighted by Crippen LogP contribution is -2.31. The topological polar surface area (TPSA) is 81.4 Å². The number of halogens is 1. The summed E-state index contributed by atoms with van der Waals surface area (Å²) in [5.74, 6) is -0.491. The zero-order valence-corrected chi connectivity index (χ0v) is 12.9. The molecule has 1 aliphatic rings. The van der Waals surface area contributed by atoms with E-state index in [0.717, 1.165) is 25.3 Å². The highest BCUT2D eigenvalue weighted by atomic mass is 32.2. The number of hydrogen-bond acceptors (Lipinski definition) is 4. The first-order valence-corrected chi connectivity index (χ1v) is 8.38. The lowest BCUT2D eigenvalue weighted by molar-refractivity contribution is 0.173. The third kappa shape index (κ3) is 4.00. The highest BCUT2D eigenvalue weighted by Crippen LogP contribution is 2.48. The first-order valence-electron chi connectivity index (χ1n) is 6.90. The summed E-state index contributed by atoms with van der Waals surface area (Å²) >= 11 is 0. The minimum absolute atomic E-state index is 0.0137. The molecule has 0 amide bonds. The van der Waals surface area contributed by atoms with Gasteiger partial charge in [-0.15, -0.1) is 0 Å². The van der Waals surface area contributed by atoms with Crippen molar-refractivity contribution in [2.45, 2.75) is 30.7 Å². The standard InChI is InChI=1S/C14H21FN2O3S/c1-20-7-6-14(4-5-14)10-17-21(18,19)12-2-3-13(15)11(8-12)9-16/h2-3,8,17H,4-7,9-10,16H2,1H3. The molecule has 0 spiro atoms. The van der Waals surface area contributed by atoms with Gasteiger partial charge in [-0.2, -0.15) is 0 Å². The molecule has 0 saturated heterocycles. The molecule has 1 saturated carbocycles. The van der Waals surface area contributed by atoms with Gasteiger partial charge >= 0.3 is 0 Å². The zero-order chi connectivity index (χ0) is 15.5. The van der Waals surface area contributed by atoms with Crippen LogP contribution in [0.2, 0.25) is 0 Å². The Balaban J connectivity index is 2.05. The molecular weight excluding hydrogens is 295 g/mol. The number of sulfonamides is 1. The van der Waals surface area contributed by atoms with Gasteiger partial charge in [0.2, 0.25) is 10.0 Å². The zero-order valence-electron chi connectivity index (χ0n) is 12.1. The summed E-state index contributed by atoms with van der Waals surface area (Å²) in [6.45, 7) is 0.969. The number of nitrogens with one attached hydrogen (secondary N) is 1. The van der Waals surface area contributed by atoms with Gasteiger partial charge in [0.25, 0.3) is 0 Å². The molecule has 0 atom stereocenters. The highest BCUT2D eigenvalue weighted by molar-refractivity contribution is 7.89. The van der Waals surface area contributed by atoms with Crippen LogP contribution in [-0.4, -0.2) is 28.7 Å². The van der Waals surface area contributed by atoms with Crippen LogP contribution in [0.5, 0.6) is 0 Å². The second-order valence-corrected chi connectivity index (χ2v) is 7.29. The Bertz CT molecular complexity index is 600. The van der Waals surface area contributed by atoms with E-state index < -0.39 is 15.8 Å². The SMILES string of the molecule is COCCC1(CNS(=O)(=O)c2ccc(F)c(CN)c2)CC1. The van der Waals surface area contributed by atoms with Gasteiger partial charge in [-0.3, -0.25) is 0 Å². The lowest BCUT2D eigenvalue weighted by Gasteiger charge is -2.16. The number of rotatable bonds is 8. The average molecular weight is 316 g/mol. The van der Waals surface area contributed by atoms with E-state index >= 15 is 0 Å². The Morgan fingerprint density at radius 1 is 1.43 bits per heavy atom. The van der Waals surface area contributed by atoms with Crippen molar-refractivity contribution in [1.82, 2.24) is 4.72 Å². The minimum atomic E-state index is -3.64. The first-order chi connectivity index (χ1) is 9.92. The molecule has 118 valence electrons. The van der Waals surface area contributed by atoms with E-state index in [0.29, 0.717) is 13.2 Å². The molecule has 1 aliphatic carbocycles. The summed E-state index contributed by atoms with van der Waals surface area (Å²) in [5.41, 5.74) is 5.61. The van der Waals surface area contributed by atoms with Gasteiger partial charge in [-0.05, 0) is 42.9 Å². The van der Waals surface area contributed by atoms with Gasteiger partial charge < -0.3 is 10.5 Å². The van der Waals surface area contributed by atoms with Crippen LogP contribution in [0.4, 0.5) is 4.39 Å². The van der Waals surface area contributed by atoms with E-state index in [9.17, 15) is 12.8 Å². The summed E-state index contributed by atoms with van der Waals surface area (Å²) in [4.78, 5) is 0.0480. The molecule has 5 nitrogen and oxygen atoms in total. The number of methoxy groups -OCH3 is 1. The Kier molecular flexibility index (Phi) is 4.98. The smallest absolute Gasteiger partial charge is 0.240 e. The lowest BCUT2D eigenvalue weighted by atomic mass is 10.0. The van der Waals surface area contributed by atoms with E-state index in [-0.39, 0.29) is 22.4 Å². The van der Waals surface area contributed by atoms with Crippen molar-refractivity contribution in [3.8, 4) is 0 Å². The summed E-state index contributed by atoms with van der Waals surface area (Å²) in [6, 6.07) is 3.67. The van der Waals surface area contributed by atoms with E-state index in [1.807, 2.05) is 0 Å².